The zero-order chi connectivity index (χ0) is 20.0. The summed E-state index contributed by atoms with van der Waals surface area (Å²) in [5.74, 6) is 0.433. The van der Waals surface area contributed by atoms with Crippen LogP contribution in [0, 0.1) is 0 Å². The minimum Gasteiger partial charge on any atom is -0.508 e. The summed E-state index contributed by atoms with van der Waals surface area (Å²) < 4.78 is 0. The second-order valence-electron chi connectivity index (χ2n) is 6.56. The molecule has 0 amide bonds. The lowest BCUT2D eigenvalue weighted by Crippen LogP contribution is -2.31. The minimum atomic E-state index is -0.649. The molecule has 3 aromatic rings. The third-order valence-corrected chi connectivity index (χ3v) is 4.93. The molecule has 0 bridgehead atoms. The van der Waals surface area contributed by atoms with Crippen molar-refractivity contribution in [3.8, 4) is 11.5 Å². The summed E-state index contributed by atoms with van der Waals surface area (Å²) in [5, 5.41) is 19.7. The number of hydrogen-bond acceptors (Lipinski definition) is 2. The molecule has 0 aromatic heterocycles. The molecule has 2 N–H and O–H groups in total. The molecule has 0 unspecified atom stereocenters. The zero-order valence-electron chi connectivity index (χ0n) is 15.9. The number of phenols is 2. The first kappa shape index (κ1) is 19.2. The lowest BCUT2D eigenvalue weighted by molar-refractivity contribution is 0.474. The van der Waals surface area contributed by atoms with E-state index in [9.17, 15) is 10.2 Å². The Labute approximate surface area is 166 Å². The SMILES string of the molecule is C=C/C(=C\C=C/C)C(c1ccccc1)(c1ccc(O)cc1)c1ccc(O)cc1. The topological polar surface area (TPSA) is 40.5 Å². The van der Waals surface area contributed by atoms with Gasteiger partial charge in [0.2, 0.25) is 0 Å². The third kappa shape index (κ3) is 3.49. The summed E-state index contributed by atoms with van der Waals surface area (Å²) in [6, 6.07) is 24.7. The van der Waals surface area contributed by atoms with Gasteiger partial charge in [-0.3, -0.25) is 0 Å². The second kappa shape index (κ2) is 8.45. The highest BCUT2D eigenvalue weighted by Gasteiger charge is 2.38. The van der Waals surface area contributed by atoms with Crippen LogP contribution in [0.4, 0.5) is 0 Å². The van der Waals surface area contributed by atoms with Crippen molar-refractivity contribution in [2.45, 2.75) is 12.3 Å². The Morgan fingerprint density at radius 1 is 0.750 bits per heavy atom. The van der Waals surface area contributed by atoms with Gasteiger partial charge in [-0.25, -0.2) is 0 Å². The molecule has 0 spiro atoms. The molecule has 28 heavy (non-hydrogen) atoms. The molecule has 0 atom stereocenters. The molecular formula is C26H24O2. The fourth-order valence-corrected chi connectivity index (χ4v) is 3.66. The Morgan fingerprint density at radius 2 is 1.21 bits per heavy atom. The Bertz CT molecular complexity index is 933. The Hall–Kier alpha value is -3.52. The first-order valence-electron chi connectivity index (χ1n) is 9.23. The standard InChI is InChI=1S/C26H24O2/c1-3-5-9-20(4-2)26(21-10-7-6-8-11-21,22-12-16-24(27)17-13-22)23-14-18-25(28)19-15-23/h3-19,27-28H,2H2,1H3/b5-3-,20-9+. The molecule has 0 radical (unpaired) electrons. The molecule has 2 heteroatoms. The quantitative estimate of drug-likeness (QED) is 0.406. The summed E-state index contributed by atoms with van der Waals surface area (Å²) in [7, 11) is 0. The molecule has 0 saturated carbocycles. The number of hydrogen-bond donors (Lipinski definition) is 2. The minimum absolute atomic E-state index is 0.217. The largest absolute Gasteiger partial charge is 0.508 e. The van der Waals surface area contributed by atoms with E-state index in [1.807, 2.05) is 67.6 Å². The van der Waals surface area contributed by atoms with Gasteiger partial charge in [-0.1, -0.05) is 85.5 Å². The van der Waals surface area contributed by atoms with Crippen molar-refractivity contribution >= 4 is 0 Å². The first-order chi connectivity index (χ1) is 13.6. The molecule has 0 saturated heterocycles. The molecular weight excluding hydrogens is 344 g/mol. The highest BCUT2D eigenvalue weighted by Crippen LogP contribution is 2.46. The zero-order valence-corrected chi connectivity index (χ0v) is 15.9. The molecule has 2 nitrogen and oxygen atoms in total. The smallest absolute Gasteiger partial charge is 0.115 e. The predicted molar refractivity (Wildman–Crippen MR) is 116 cm³/mol. The van der Waals surface area contributed by atoms with E-state index < -0.39 is 5.41 Å². The van der Waals surface area contributed by atoms with Gasteiger partial charge in [0.25, 0.3) is 0 Å². The van der Waals surface area contributed by atoms with Crippen LogP contribution < -0.4 is 0 Å². The molecule has 0 aliphatic carbocycles. The number of phenolic OH excluding ortho intramolecular Hbond substituents is 2. The van der Waals surface area contributed by atoms with Crippen LogP contribution in [0.3, 0.4) is 0 Å². The van der Waals surface area contributed by atoms with Crippen molar-refractivity contribution < 1.29 is 10.2 Å². The number of aromatic hydroxyl groups is 2. The Morgan fingerprint density at radius 3 is 1.64 bits per heavy atom. The average molecular weight is 368 g/mol. The molecule has 0 aliphatic rings. The summed E-state index contributed by atoms with van der Waals surface area (Å²) in [5.41, 5.74) is 3.41. The number of rotatable bonds is 6. The van der Waals surface area contributed by atoms with Gasteiger partial charge in [0.05, 0.1) is 5.41 Å². The van der Waals surface area contributed by atoms with Crippen molar-refractivity contribution in [3.05, 3.63) is 132 Å². The lowest BCUT2D eigenvalue weighted by atomic mass is 9.64. The fourth-order valence-electron chi connectivity index (χ4n) is 3.66. The number of benzene rings is 3. The van der Waals surface area contributed by atoms with Crippen LogP contribution in [-0.4, -0.2) is 10.2 Å². The third-order valence-electron chi connectivity index (χ3n) is 4.93. The van der Waals surface area contributed by atoms with Gasteiger partial charge in [-0.05, 0) is 53.5 Å². The van der Waals surface area contributed by atoms with Crippen LogP contribution in [0.2, 0.25) is 0 Å². The molecule has 0 aliphatic heterocycles. The molecule has 3 rings (SSSR count). The predicted octanol–water partition coefficient (Wildman–Crippen LogP) is 6.12. The lowest BCUT2D eigenvalue weighted by Gasteiger charge is -2.37. The summed E-state index contributed by atoms with van der Waals surface area (Å²) in [4.78, 5) is 0. The average Bonchev–Trinajstić information content (AvgIpc) is 2.73. The van der Waals surface area contributed by atoms with E-state index in [2.05, 4.69) is 24.8 Å². The van der Waals surface area contributed by atoms with Crippen LogP contribution >= 0.6 is 0 Å². The van der Waals surface area contributed by atoms with E-state index in [1.165, 1.54) is 0 Å². The van der Waals surface area contributed by atoms with Crippen molar-refractivity contribution in [2.24, 2.45) is 0 Å². The van der Waals surface area contributed by atoms with Crippen LogP contribution in [0.25, 0.3) is 0 Å². The maximum absolute atomic E-state index is 9.86. The van der Waals surface area contributed by atoms with Gasteiger partial charge in [-0.15, -0.1) is 0 Å². The van der Waals surface area contributed by atoms with Crippen molar-refractivity contribution in [1.82, 2.24) is 0 Å². The van der Waals surface area contributed by atoms with Gasteiger partial charge in [0.1, 0.15) is 11.5 Å². The number of allylic oxidation sites excluding steroid dienone is 5. The highest BCUT2D eigenvalue weighted by molar-refractivity contribution is 5.62. The van der Waals surface area contributed by atoms with Crippen LogP contribution in [0.1, 0.15) is 23.6 Å². The van der Waals surface area contributed by atoms with E-state index in [-0.39, 0.29) is 11.5 Å². The van der Waals surface area contributed by atoms with Gasteiger partial charge in [-0.2, -0.15) is 0 Å². The summed E-state index contributed by atoms with van der Waals surface area (Å²) in [6.45, 7) is 6.07. The van der Waals surface area contributed by atoms with E-state index in [4.69, 9.17) is 0 Å². The van der Waals surface area contributed by atoms with Crippen molar-refractivity contribution in [2.75, 3.05) is 0 Å². The van der Waals surface area contributed by atoms with Crippen molar-refractivity contribution in [3.63, 3.8) is 0 Å². The van der Waals surface area contributed by atoms with Crippen LogP contribution in [0.15, 0.2) is 115 Å². The van der Waals surface area contributed by atoms with E-state index in [0.717, 1.165) is 22.3 Å². The second-order valence-corrected chi connectivity index (χ2v) is 6.56. The van der Waals surface area contributed by atoms with Gasteiger partial charge >= 0.3 is 0 Å². The fraction of sp³-hybridized carbons (Fsp3) is 0.0769. The van der Waals surface area contributed by atoms with Gasteiger partial charge < -0.3 is 10.2 Å². The molecule has 0 heterocycles. The van der Waals surface area contributed by atoms with E-state index in [1.54, 1.807) is 24.3 Å². The maximum Gasteiger partial charge on any atom is 0.115 e. The highest BCUT2D eigenvalue weighted by atomic mass is 16.3. The molecule has 3 aromatic carbocycles. The Kier molecular flexibility index (Phi) is 5.81. The monoisotopic (exact) mass is 368 g/mol. The van der Waals surface area contributed by atoms with E-state index in [0.29, 0.717) is 0 Å². The normalized spacial score (nSPS) is 12.2. The summed E-state index contributed by atoms with van der Waals surface area (Å²) in [6.07, 6.45) is 7.90. The van der Waals surface area contributed by atoms with Gasteiger partial charge in [0, 0.05) is 0 Å². The van der Waals surface area contributed by atoms with Crippen molar-refractivity contribution in [1.29, 1.82) is 0 Å². The molecule has 140 valence electrons. The Balaban J connectivity index is 2.45. The first-order valence-corrected chi connectivity index (χ1v) is 9.23. The van der Waals surface area contributed by atoms with Crippen LogP contribution in [0.5, 0.6) is 11.5 Å². The molecule has 0 fully saturated rings. The summed E-state index contributed by atoms with van der Waals surface area (Å²) >= 11 is 0. The maximum atomic E-state index is 9.86. The van der Waals surface area contributed by atoms with Gasteiger partial charge in [0.15, 0.2) is 0 Å². The van der Waals surface area contributed by atoms with E-state index >= 15 is 0 Å². The van der Waals surface area contributed by atoms with Crippen LogP contribution in [-0.2, 0) is 5.41 Å².